The Balaban J connectivity index is 4.77. The highest BCUT2D eigenvalue weighted by Gasteiger charge is 2.40. The Morgan fingerprint density at radius 2 is 0.829 bits per heavy atom. The molecule has 0 rings (SSSR count). The zero-order valence-corrected chi connectivity index (χ0v) is 27.0. The standard InChI is InChI=1S/C34H63NO6/c1-5-9-10-11-12-13-14-15-16-17-18-19-20-21-22-23-24-25-35(26-29(6-2)32(36)37,27-30(7-3)33(38)39)28-31(8-4)34(40)41/h11-12,29-31H,5-10,13-28H2,1-4H3,(H2-,36,37,38,39,40,41)/p+1/b12-11+. The number of carbonyl (C=O) groups is 3. The highest BCUT2D eigenvalue weighted by atomic mass is 16.4. The van der Waals surface area contributed by atoms with Crippen molar-refractivity contribution in [2.24, 2.45) is 17.8 Å². The Morgan fingerprint density at radius 3 is 1.15 bits per heavy atom. The smallest absolute Gasteiger partial charge is 0.312 e. The summed E-state index contributed by atoms with van der Waals surface area (Å²) in [7, 11) is 0. The van der Waals surface area contributed by atoms with Crippen LogP contribution in [0.1, 0.15) is 143 Å². The molecule has 0 aliphatic carbocycles. The lowest BCUT2D eigenvalue weighted by Crippen LogP contribution is -2.58. The van der Waals surface area contributed by atoms with Crippen molar-refractivity contribution >= 4 is 17.9 Å². The van der Waals surface area contributed by atoms with Crippen LogP contribution in [0.2, 0.25) is 0 Å². The molecule has 0 amide bonds. The molecule has 3 N–H and O–H groups in total. The van der Waals surface area contributed by atoms with Gasteiger partial charge in [-0.2, -0.15) is 0 Å². The summed E-state index contributed by atoms with van der Waals surface area (Å²) >= 11 is 0. The molecule has 7 nitrogen and oxygen atoms in total. The van der Waals surface area contributed by atoms with Gasteiger partial charge in [-0.25, -0.2) is 0 Å². The van der Waals surface area contributed by atoms with E-state index >= 15 is 0 Å². The van der Waals surface area contributed by atoms with Gasteiger partial charge in [0.15, 0.2) is 0 Å². The number of hydrogen-bond acceptors (Lipinski definition) is 3. The maximum Gasteiger partial charge on any atom is 0.312 e. The average Bonchev–Trinajstić information content (AvgIpc) is 2.94. The zero-order valence-electron chi connectivity index (χ0n) is 27.0. The van der Waals surface area contributed by atoms with Crippen LogP contribution in [-0.4, -0.2) is 63.9 Å². The molecule has 0 aliphatic rings. The Morgan fingerprint density at radius 1 is 0.512 bits per heavy atom. The Hall–Kier alpha value is -1.89. The second kappa shape index (κ2) is 24.7. The van der Waals surface area contributed by atoms with E-state index in [0.29, 0.717) is 25.8 Å². The summed E-state index contributed by atoms with van der Waals surface area (Å²) in [6.07, 6.45) is 24.2. The van der Waals surface area contributed by atoms with Crippen LogP contribution >= 0.6 is 0 Å². The van der Waals surface area contributed by atoms with Gasteiger partial charge in [-0.1, -0.05) is 104 Å². The third kappa shape index (κ3) is 19.0. The first-order valence-corrected chi connectivity index (χ1v) is 16.8. The number of allylic oxidation sites excluding steroid dienone is 2. The van der Waals surface area contributed by atoms with Crippen molar-refractivity contribution in [2.75, 3.05) is 26.2 Å². The van der Waals surface area contributed by atoms with Crippen LogP contribution in [-0.2, 0) is 14.4 Å². The molecule has 240 valence electrons. The van der Waals surface area contributed by atoms with Gasteiger partial charge in [0.25, 0.3) is 0 Å². The number of carboxylic acids is 3. The molecule has 0 fully saturated rings. The second-order valence-electron chi connectivity index (χ2n) is 12.2. The van der Waals surface area contributed by atoms with Crippen LogP contribution in [0, 0.1) is 17.8 Å². The number of unbranched alkanes of at least 4 members (excludes halogenated alkanes) is 13. The lowest BCUT2D eigenvalue weighted by atomic mass is 9.95. The molecule has 0 aromatic carbocycles. The van der Waals surface area contributed by atoms with Crippen molar-refractivity contribution in [3.63, 3.8) is 0 Å². The van der Waals surface area contributed by atoms with E-state index in [1.807, 2.05) is 20.8 Å². The van der Waals surface area contributed by atoms with E-state index < -0.39 is 35.7 Å². The van der Waals surface area contributed by atoms with Crippen LogP contribution in [0.3, 0.4) is 0 Å². The largest absolute Gasteiger partial charge is 0.481 e. The van der Waals surface area contributed by atoms with E-state index in [4.69, 9.17) is 0 Å². The van der Waals surface area contributed by atoms with Gasteiger partial charge in [-0.3, -0.25) is 14.4 Å². The van der Waals surface area contributed by atoms with E-state index in [2.05, 4.69) is 19.1 Å². The third-order valence-corrected chi connectivity index (χ3v) is 8.74. The first kappa shape index (κ1) is 39.1. The van der Waals surface area contributed by atoms with E-state index in [9.17, 15) is 29.7 Å². The van der Waals surface area contributed by atoms with Crippen LogP contribution in [0.15, 0.2) is 12.2 Å². The molecular weight excluding hydrogens is 518 g/mol. The van der Waals surface area contributed by atoms with Crippen molar-refractivity contribution in [3.05, 3.63) is 12.2 Å². The first-order chi connectivity index (χ1) is 19.7. The van der Waals surface area contributed by atoms with Crippen LogP contribution in [0.5, 0.6) is 0 Å². The number of aliphatic carboxylic acids is 3. The fraction of sp³-hybridized carbons (Fsp3) is 0.853. The quantitative estimate of drug-likeness (QED) is 0.0463. The number of carboxylic acid groups (broad SMARTS) is 3. The molecule has 0 spiro atoms. The third-order valence-electron chi connectivity index (χ3n) is 8.74. The topological polar surface area (TPSA) is 112 Å². The predicted octanol–water partition coefficient (Wildman–Crippen LogP) is 8.56. The van der Waals surface area contributed by atoms with E-state index in [-0.39, 0.29) is 24.1 Å². The minimum absolute atomic E-state index is 0.259. The fourth-order valence-electron chi connectivity index (χ4n) is 5.90. The number of hydrogen-bond donors (Lipinski definition) is 3. The molecule has 0 heterocycles. The van der Waals surface area contributed by atoms with Crippen molar-refractivity contribution in [3.8, 4) is 0 Å². The number of rotatable bonds is 29. The van der Waals surface area contributed by atoms with Crippen LogP contribution in [0.4, 0.5) is 0 Å². The van der Waals surface area contributed by atoms with Gasteiger partial charge in [0.1, 0.15) is 17.8 Å². The molecule has 0 aromatic heterocycles. The van der Waals surface area contributed by atoms with Gasteiger partial charge in [0, 0.05) is 0 Å². The first-order valence-electron chi connectivity index (χ1n) is 16.8. The fourth-order valence-corrected chi connectivity index (χ4v) is 5.90. The monoisotopic (exact) mass is 582 g/mol. The molecule has 0 radical (unpaired) electrons. The van der Waals surface area contributed by atoms with E-state index in [1.54, 1.807) is 0 Å². The summed E-state index contributed by atoms with van der Waals surface area (Å²) in [5.41, 5.74) is 0. The van der Waals surface area contributed by atoms with Gasteiger partial charge in [-0.05, 0) is 51.4 Å². The highest BCUT2D eigenvalue weighted by molar-refractivity contribution is 5.71. The van der Waals surface area contributed by atoms with Gasteiger partial charge in [0.05, 0.1) is 26.2 Å². The number of quaternary nitrogens is 1. The predicted molar refractivity (Wildman–Crippen MR) is 168 cm³/mol. The molecule has 0 aliphatic heterocycles. The van der Waals surface area contributed by atoms with Crippen LogP contribution < -0.4 is 0 Å². The molecule has 0 bridgehead atoms. The summed E-state index contributed by atoms with van der Waals surface area (Å²) in [6.45, 7) is 9.23. The molecule has 0 saturated carbocycles. The molecule has 0 aromatic rings. The molecule has 0 saturated heterocycles. The van der Waals surface area contributed by atoms with Gasteiger partial charge < -0.3 is 19.8 Å². The summed E-state index contributed by atoms with van der Waals surface area (Å²) in [6, 6.07) is 0. The van der Waals surface area contributed by atoms with E-state index in [1.165, 1.54) is 77.0 Å². The molecule has 3 unspecified atom stereocenters. The highest BCUT2D eigenvalue weighted by Crippen LogP contribution is 2.25. The van der Waals surface area contributed by atoms with Crippen molar-refractivity contribution in [2.45, 2.75) is 143 Å². The van der Waals surface area contributed by atoms with Crippen molar-refractivity contribution in [1.29, 1.82) is 0 Å². The lowest BCUT2D eigenvalue weighted by Gasteiger charge is -2.43. The van der Waals surface area contributed by atoms with Gasteiger partial charge >= 0.3 is 17.9 Å². The molecule has 3 atom stereocenters. The van der Waals surface area contributed by atoms with Gasteiger partial charge in [-0.15, -0.1) is 0 Å². The minimum Gasteiger partial charge on any atom is -0.481 e. The summed E-state index contributed by atoms with van der Waals surface area (Å²) in [4.78, 5) is 35.9. The molecule has 7 heteroatoms. The van der Waals surface area contributed by atoms with Crippen LogP contribution in [0.25, 0.3) is 0 Å². The maximum absolute atomic E-state index is 12.0. The summed E-state index contributed by atoms with van der Waals surface area (Å²) in [5, 5.41) is 29.4. The normalized spacial score (nSPS) is 15.4. The van der Waals surface area contributed by atoms with Gasteiger partial charge in [0.2, 0.25) is 0 Å². The van der Waals surface area contributed by atoms with E-state index in [0.717, 1.165) is 19.3 Å². The number of nitrogens with zero attached hydrogens (tertiary/aromatic N) is 1. The van der Waals surface area contributed by atoms with Crippen molar-refractivity contribution in [1.82, 2.24) is 0 Å². The van der Waals surface area contributed by atoms with Crippen molar-refractivity contribution < 1.29 is 34.2 Å². The Kier molecular flexibility index (Phi) is 23.5. The molecular formula is C34H64NO6+. The summed E-state index contributed by atoms with van der Waals surface area (Å²) < 4.78 is 0.259. The average molecular weight is 583 g/mol. The summed E-state index contributed by atoms with van der Waals surface area (Å²) in [5.74, 6) is -4.51. The minimum atomic E-state index is -0.888. The second-order valence-corrected chi connectivity index (χ2v) is 12.2. The maximum atomic E-state index is 12.0. The zero-order chi connectivity index (χ0) is 30.9. The molecule has 41 heavy (non-hydrogen) atoms. The Bertz CT molecular complexity index is 662. The Labute approximate surface area is 251 Å². The SMILES string of the molecule is CCCC/C=C/CCCCCCCCCCCCC[N+](CC(CC)C(=O)O)(CC(CC)C(=O)O)CC(CC)C(=O)O. The lowest BCUT2D eigenvalue weighted by molar-refractivity contribution is -0.935.